The summed E-state index contributed by atoms with van der Waals surface area (Å²) in [6.07, 6.45) is -1.62. The molecule has 0 aliphatic heterocycles. The minimum absolute atomic E-state index is 0.0576. The Morgan fingerprint density at radius 3 is 2.59 bits per heavy atom. The molecule has 1 aromatic carbocycles. The number of carbonyl (C=O) groups excluding carboxylic acids is 1. The summed E-state index contributed by atoms with van der Waals surface area (Å²) < 4.78 is 0. The van der Waals surface area contributed by atoms with Gasteiger partial charge in [-0.2, -0.15) is 0 Å². The molecule has 0 saturated carbocycles. The fraction of sp³-hybridized carbons (Fsp3) is 0.273. The molecule has 1 atom stereocenters. The van der Waals surface area contributed by atoms with Gasteiger partial charge in [0.05, 0.1) is 5.33 Å². The Balaban J connectivity index is 3.12. The van der Waals surface area contributed by atoms with Crippen molar-refractivity contribution in [3.8, 4) is 0 Å². The summed E-state index contributed by atoms with van der Waals surface area (Å²) in [7, 11) is 0. The molecular weight excluding hydrogens is 311 g/mol. The SMILES string of the molecule is O=C(CBr)Cc1ccc(Cl)cc1C(O)C(=O)O. The molecule has 0 radical (unpaired) electrons. The molecule has 0 amide bonds. The average Bonchev–Trinajstić information content (AvgIpc) is 2.30. The molecular formula is C11H10BrClO4. The second-order valence-corrected chi connectivity index (χ2v) is 4.43. The molecule has 4 nitrogen and oxygen atoms in total. The standard InChI is InChI=1S/C11H10BrClO4/c12-5-8(14)3-6-1-2-7(13)4-9(6)10(15)11(16)17/h1-2,4,10,15H,3,5H2,(H,16,17). The van der Waals surface area contributed by atoms with E-state index in [2.05, 4.69) is 15.9 Å². The summed E-state index contributed by atoms with van der Waals surface area (Å²) in [4.78, 5) is 22.0. The highest BCUT2D eigenvalue weighted by Gasteiger charge is 2.20. The van der Waals surface area contributed by atoms with Gasteiger partial charge in [0.2, 0.25) is 0 Å². The second-order valence-electron chi connectivity index (χ2n) is 3.43. The van der Waals surface area contributed by atoms with Crippen LogP contribution in [0.1, 0.15) is 17.2 Å². The Kier molecular flexibility index (Phi) is 5.11. The van der Waals surface area contributed by atoms with Crippen LogP contribution in [0.2, 0.25) is 5.02 Å². The van der Waals surface area contributed by atoms with E-state index in [0.717, 1.165) is 0 Å². The molecule has 0 saturated heterocycles. The van der Waals surface area contributed by atoms with Crippen LogP contribution in [0.25, 0.3) is 0 Å². The third-order valence-corrected chi connectivity index (χ3v) is 3.03. The van der Waals surface area contributed by atoms with E-state index < -0.39 is 12.1 Å². The van der Waals surface area contributed by atoms with E-state index in [0.29, 0.717) is 10.6 Å². The van der Waals surface area contributed by atoms with E-state index in [1.165, 1.54) is 6.07 Å². The summed E-state index contributed by atoms with van der Waals surface area (Å²) in [6, 6.07) is 4.46. The quantitative estimate of drug-likeness (QED) is 0.813. The maximum absolute atomic E-state index is 11.3. The van der Waals surface area contributed by atoms with Crippen LogP contribution in [0.3, 0.4) is 0 Å². The fourth-order valence-electron chi connectivity index (χ4n) is 1.37. The second kappa shape index (κ2) is 6.14. The monoisotopic (exact) mass is 320 g/mol. The molecule has 2 N–H and O–H groups in total. The minimum Gasteiger partial charge on any atom is -0.479 e. The van der Waals surface area contributed by atoms with Crippen molar-refractivity contribution in [1.29, 1.82) is 0 Å². The number of carbonyl (C=O) groups is 2. The van der Waals surface area contributed by atoms with E-state index in [1.807, 2.05) is 0 Å². The summed E-state index contributed by atoms with van der Waals surface area (Å²) in [5, 5.41) is 18.8. The van der Waals surface area contributed by atoms with Gasteiger partial charge in [-0.1, -0.05) is 33.6 Å². The van der Waals surface area contributed by atoms with Crippen molar-refractivity contribution in [3.05, 3.63) is 34.3 Å². The van der Waals surface area contributed by atoms with Gasteiger partial charge in [0.15, 0.2) is 6.10 Å². The molecule has 1 aromatic rings. The Morgan fingerprint density at radius 1 is 1.41 bits per heavy atom. The maximum Gasteiger partial charge on any atom is 0.337 e. The van der Waals surface area contributed by atoms with Crippen molar-refractivity contribution in [2.75, 3.05) is 5.33 Å². The third kappa shape index (κ3) is 3.80. The first-order chi connectivity index (χ1) is 7.95. The molecule has 1 unspecified atom stereocenters. The predicted octanol–water partition coefficient (Wildman–Crippen LogP) is 1.96. The first-order valence-corrected chi connectivity index (χ1v) is 6.22. The first-order valence-electron chi connectivity index (χ1n) is 4.72. The number of hydrogen-bond donors (Lipinski definition) is 2. The van der Waals surface area contributed by atoms with Gasteiger partial charge >= 0.3 is 5.97 Å². The van der Waals surface area contributed by atoms with Gasteiger partial charge in [0, 0.05) is 11.4 Å². The molecule has 0 aromatic heterocycles. The third-order valence-electron chi connectivity index (χ3n) is 2.17. The van der Waals surface area contributed by atoms with Crippen LogP contribution in [0, 0.1) is 0 Å². The lowest BCUT2D eigenvalue weighted by molar-refractivity contribution is -0.147. The number of aliphatic carboxylic acids is 1. The van der Waals surface area contributed by atoms with E-state index >= 15 is 0 Å². The normalized spacial score (nSPS) is 12.2. The minimum atomic E-state index is -1.67. The highest BCUT2D eigenvalue weighted by molar-refractivity contribution is 9.09. The van der Waals surface area contributed by atoms with Crippen molar-refractivity contribution in [2.24, 2.45) is 0 Å². The highest BCUT2D eigenvalue weighted by Crippen LogP contribution is 2.23. The number of halogens is 2. The molecule has 1 rings (SSSR count). The van der Waals surface area contributed by atoms with Gasteiger partial charge in [-0.05, 0) is 23.3 Å². The van der Waals surface area contributed by atoms with Gasteiger partial charge in [-0.3, -0.25) is 4.79 Å². The number of aliphatic hydroxyl groups is 1. The molecule has 17 heavy (non-hydrogen) atoms. The highest BCUT2D eigenvalue weighted by atomic mass is 79.9. The van der Waals surface area contributed by atoms with E-state index in [1.54, 1.807) is 12.1 Å². The molecule has 0 fully saturated rings. The topological polar surface area (TPSA) is 74.6 Å². The van der Waals surface area contributed by atoms with Crippen molar-refractivity contribution in [2.45, 2.75) is 12.5 Å². The number of benzene rings is 1. The van der Waals surface area contributed by atoms with Crippen molar-refractivity contribution < 1.29 is 19.8 Å². The van der Waals surface area contributed by atoms with Crippen LogP contribution in [0.4, 0.5) is 0 Å². The van der Waals surface area contributed by atoms with E-state index in [9.17, 15) is 14.7 Å². The van der Waals surface area contributed by atoms with Crippen LogP contribution in [-0.2, 0) is 16.0 Å². The van der Waals surface area contributed by atoms with E-state index in [4.69, 9.17) is 16.7 Å². The van der Waals surface area contributed by atoms with Crippen LogP contribution >= 0.6 is 27.5 Å². The lowest BCUT2D eigenvalue weighted by Gasteiger charge is -2.12. The number of rotatable bonds is 5. The predicted molar refractivity (Wildman–Crippen MR) is 66.6 cm³/mol. The summed E-state index contributed by atoms with van der Waals surface area (Å²) >= 11 is 8.76. The zero-order valence-electron chi connectivity index (χ0n) is 8.69. The first kappa shape index (κ1) is 14.2. The average molecular weight is 322 g/mol. The molecule has 0 aliphatic rings. The zero-order valence-corrected chi connectivity index (χ0v) is 11.0. The van der Waals surface area contributed by atoms with Crippen LogP contribution in [-0.4, -0.2) is 27.3 Å². The van der Waals surface area contributed by atoms with Gasteiger partial charge in [-0.25, -0.2) is 4.79 Å². The maximum atomic E-state index is 11.3. The number of alkyl halides is 1. The smallest absolute Gasteiger partial charge is 0.337 e. The number of carboxylic acids is 1. The lowest BCUT2D eigenvalue weighted by Crippen LogP contribution is -2.15. The Hall–Kier alpha value is -0.910. The summed E-state index contributed by atoms with van der Waals surface area (Å²) in [5.74, 6) is -1.48. The Bertz CT molecular complexity index is 447. The number of ketones is 1. The van der Waals surface area contributed by atoms with Crippen molar-refractivity contribution in [1.82, 2.24) is 0 Å². The molecule has 0 spiro atoms. The number of Topliss-reactive ketones (excluding diaryl/α,β-unsaturated/α-hetero) is 1. The zero-order chi connectivity index (χ0) is 13.0. The Labute approximate surface area is 111 Å². The van der Waals surface area contributed by atoms with Crippen molar-refractivity contribution in [3.63, 3.8) is 0 Å². The van der Waals surface area contributed by atoms with Gasteiger partial charge in [0.1, 0.15) is 5.78 Å². The van der Waals surface area contributed by atoms with Gasteiger partial charge in [-0.15, -0.1) is 0 Å². The van der Waals surface area contributed by atoms with E-state index in [-0.39, 0.29) is 23.1 Å². The largest absolute Gasteiger partial charge is 0.479 e. The van der Waals surface area contributed by atoms with Crippen LogP contribution in [0.5, 0.6) is 0 Å². The van der Waals surface area contributed by atoms with Crippen molar-refractivity contribution >= 4 is 39.3 Å². The molecule has 0 aliphatic carbocycles. The fourth-order valence-corrected chi connectivity index (χ4v) is 1.75. The number of carboxylic acid groups (broad SMARTS) is 1. The molecule has 92 valence electrons. The van der Waals surface area contributed by atoms with Gasteiger partial charge < -0.3 is 10.2 Å². The molecule has 6 heteroatoms. The summed E-state index contributed by atoms with van der Waals surface area (Å²) in [5.41, 5.74) is 0.619. The van der Waals surface area contributed by atoms with Gasteiger partial charge in [0.25, 0.3) is 0 Å². The summed E-state index contributed by atoms with van der Waals surface area (Å²) in [6.45, 7) is 0. The Morgan fingerprint density at radius 2 is 2.06 bits per heavy atom. The molecule has 0 bridgehead atoms. The van der Waals surface area contributed by atoms with Crippen LogP contribution in [0.15, 0.2) is 18.2 Å². The van der Waals surface area contributed by atoms with Crippen LogP contribution < -0.4 is 0 Å². The molecule has 0 heterocycles. The number of hydrogen-bond acceptors (Lipinski definition) is 3. The lowest BCUT2D eigenvalue weighted by atomic mass is 9.98. The number of aliphatic hydroxyl groups excluding tert-OH is 1.